The minimum Gasteiger partial charge on any atom is -0.263 e. The molecule has 1 aromatic carbocycles. The molecule has 0 spiro atoms. The SMILES string of the molecule is O=S(=O)(Nc1cc(Cl)nc(Cl)n1)c1cccc(F)c1. The number of nitrogens with zero attached hydrogens (tertiary/aromatic N) is 2. The minimum absolute atomic E-state index is 0.0167. The highest BCUT2D eigenvalue weighted by Crippen LogP contribution is 2.19. The fourth-order valence-corrected chi connectivity index (χ4v) is 2.70. The van der Waals surface area contributed by atoms with Crippen molar-refractivity contribution in [2.24, 2.45) is 0 Å². The molecular weight excluding hydrogens is 316 g/mol. The number of sulfonamides is 1. The van der Waals surface area contributed by atoms with Gasteiger partial charge >= 0.3 is 0 Å². The molecule has 0 unspecified atom stereocenters. The molecule has 0 saturated heterocycles. The van der Waals surface area contributed by atoms with Crippen LogP contribution in [0.1, 0.15) is 0 Å². The van der Waals surface area contributed by atoms with Crippen LogP contribution >= 0.6 is 23.2 Å². The number of halogens is 3. The van der Waals surface area contributed by atoms with Gasteiger partial charge in [0.25, 0.3) is 10.0 Å². The van der Waals surface area contributed by atoms with E-state index in [4.69, 9.17) is 23.2 Å². The molecular formula is C10H6Cl2FN3O2S. The first kappa shape index (κ1) is 14.0. The highest BCUT2D eigenvalue weighted by molar-refractivity contribution is 7.92. The molecule has 1 N–H and O–H groups in total. The Morgan fingerprint density at radius 3 is 2.53 bits per heavy atom. The Balaban J connectivity index is 2.36. The largest absolute Gasteiger partial charge is 0.263 e. The second-order valence-corrected chi connectivity index (χ2v) is 5.82. The van der Waals surface area contributed by atoms with Crippen LogP contribution in [-0.2, 0) is 10.0 Å². The van der Waals surface area contributed by atoms with E-state index < -0.39 is 15.8 Å². The van der Waals surface area contributed by atoms with Gasteiger partial charge in [-0.3, -0.25) is 4.72 Å². The van der Waals surface area contributed by atoms with Gasteiger partial charge in [0.15, 0.2) is 0 Å². The fraction of sp³-hybridized carbons (Fsp3) is 0. The highest BCUT2D eigenvalue weighted by Gasteiger charge is 2.16. The molecule has 19 heavy (non-hydrogen) atoms. The first-order valence-electron chi connectivity index (χ1n) is 4.85. The summed E-state index contributed by atoms with van der Waals surface area (Å²) in [6.45, 7) is 0. The van der Waals surface area contributed by atoms with Gasteiger partial charge in [-0.2, -0.15) is 4.98 Å². The Hall–Kier alpha value is -1.44. The van der Waals surface area contributed by atoms with E-state index in [1.807, 2.05) is 0 Å². The molecule has 0 fully saturated rings. The van der Waals surface area contributed by atoms with Crippen molar-refractivity contribution in [3.63, 3.8) is 0 Å². The number of benzene rings is 1. The van der Waals surface area contributed by atoms with Crippen molar-refractivity contribution in [2.45, 2.75) is 4.90 Å². The number of hydrogen-bond acceptors (Lipinski definition) is 4. The van der Waals surface area contributed by atoms with Crippen molar-refractivity contribution < 1.29 is 12.8 Å². The molecule has 0 aliphatic rings. The topological polar surface area (TPSA) is 72.0 Å². The van der Waals surface area contributed by atoms with Crippen LogP contribution in [0.3, 0.4) is 0 Å². The molecule has 0 saturated carbocycles. The van der Waals surface area contributed by atoms with Crippen molar-refractivity contribution in [3.05, 3.63) is 46.6 Å². The molecule has 0 atom stereocenters. The fourth-order valence-electron chi connectivity index (χ4n) is 1.27. The third-order valence-electron chi connectivity index (χ3n) is 2.01. The van der Waals surface area contributed by atoms with Gasteiger partial charge in [-0.15, -0.1) is 0 Å². The summed E-state index contributed by atoms with van der Waals surface area (Å²) in [4.78, 5) is 6.99. The second kappa shape index (κ2) is 5.28. The maximum atomic E-state index is 13.0. The molecule has 1 aromatic heterocycles. The predicted octanol–water partition coefficient (Wildman–Crippen LogP) is 2.72. The van der Waals surface area contributed by atoms with Crippen LogP contribution in [0.2, 0.25) is 10.4 Å². The van der Waals surface area contributed by atoms with Crippen LogP contribution in [-0.4, -0.2) is 18.4 Å². The van der Waals surface area contributed by atoms with Gasteiger partial charge in [-0.25, -0.2) is 17.8 Å². The lowest BCUT2D eigenvalue weighted by atomic mass is 10.4. The van der Waals surface area contributed by atoms with Crippen molar-refractivity contribution in [1.82, 2.24) is 9.97 Å². The van der Waals surface area contributed by atoms with Crippen LogP contribution in [0.15, 0.2) is 35.2 Å². The van der Waals surface area contributed by atoms with E-state index in [0.717, 1.165) is 12.1 Å². The lowest BCUT2D eigenvalue weighted by Crippen LogP contribution is -2.14. The van der Waals surface area contributed by atoms with Gasteiger partial charge in [0.2, 0.25) is 5.28 Å². The summed E-state index contributed by atoms with van der Waals surface area (Å²) >= 11 is 11.2. The summed E-state index contributed by atoms with van der Waals surface area (Å²) in [5.74, 6) is -0.768. The average Bonchev–Trinajstić information content (AvgIpc) is 2.26. The van der Waals surface area contributed by atoms with Gasteiger partial charge in [0.1, 0.15) is 16.8 Å². The Bertz CT molecular complexity index is 704. The summed E-state index contributed by atoms with van der Waals surface area (Å²) in [7, 11) is -3.97. The summed E-state index contributed by atoms with van der Waals surface area (Å²) in [5.41, 5.74) is 0. The van der Waals surface area contributed by atoms with Crippen LogP contribution in [0.25, 0.3) is 0 Å². The van der Waals surface area contributed by atoms with Gasteiger partial charge in [-0.1, -0.05) is 17.7 Å². The van der Waals surface area contributed by atoms with Gasteiger partial charge < -0.3 is 0 Å². The number of aromatic nitrogens is 2. The maximum Gasteiger partial charge on any atom is 0.263 e. The van der Waals surface area contributed by atoms with Crippen molar-refractivity contribution in [2.75, 3.05) is 4.72 Å². The number of anilines is 1. The normalized spacial score (nSPS) is 11.3. The zero-order valence-corrected chi connectivity index (χ0v) is 11.5. The van der Waals surface area contributed by atoms with Gasteiger partial charge in [0, 0.05) is 6.07 Å². The first-order valence-corrected chi connectivity index (χ1v) is 7.09. The lowest BCUT2D eigenvalue weighted by molar-refractivity contribution is 0.595. The molecule has 9 heteroatoms. The molecule has 100 valence electrons. The molecule has 2 aromatic rings. The van der Waals surface area contributed by atoms with Gasteiger partial charge in [0.05, 0.1) is 4.90 Å². The zero-order chi connectivity index (χ0) is 14.0. The minimum atomic E-state index is -3.97. The number of rotatable bonds is 3. The molecule has 2 rings (SSSR count). The van der Waals surface area contributed by atoms with E-state index in [0.29, 0.717) is 0 Å². The smallest absolute Gasteiger partial charge is 0.263 e. The Morgan fingerprint density at radius 1 is 1.16 bits per heavy atom. The molecule has 0 radical (unpaired) electrons. The van der Waals surface area contributed by atoms with E-state index in [1.165, 1.54) is 18.2 Å². The molecule has 0 aliphatic heterocycles. The van der Waals surface area contributed by atoms with Crippen LogP contribution in [0.5, 0.6) is 0 Å². The van der Waals surface area contributed by atoms with Crippen molar-refractivity contribution in [1.29, 1.82) is 0 Å². The summed E-state index contributed by atoms with van der Waals surface area (Å²) in [5, 5.41) is -0.221. The van der Waals surface area contributed by atoms with Crippen LogP contribution in [0.4, 0.5) is 10.2 Å². The third kappa shape index (κ3) is 3.52. The predicted molar refractivity (Wildman–Crippen MR) is 69.3 cm³/mol. The number of hydrogen-bond donors (Lipinski definition) is 1. The zero-order valence-electron chi connectivity index (χ0n) is 9.14. The summed E-state index contributed by atoms with van der Waals surface area (Å²) in [6, 6.07) is 5.73. The van der Waals surface area contributed by atoms with Crippen LogP contribution in [0, 0.1) is 5.82 Å². The Labute approximate surface area is 118 Å². The van der Waals surface area contributed by atoms with E-state index in [1.54, 1.807) is 0 Å². The molecule has 1 heterocycles. The number of nitrogens with one attached hydrogen (secondary N) is 1. The summed E-state index contributed by atoms with van der Waals surface area (Å²) in [6.07, 6.45) is 0. The molecule has 5 nitrogen and oxygen atoms in total. The first-order chi connectivity index (χ1) is 8.87. The summed E-state index contributed by atoms with van der Waals surface area (Å²) < 4.78 is 39.0. The lowest BCUT2D eigenvalue weighted by Gasteiger charge is -2.07. The average molecular weight is 322 g/mol. The van der Waals surface area contributed by atoms with Crippen molar-refractivity contribution in [3.8, 4) is 0 Å². The van der Waals surface area contributed by atoms with Gasteiger partial charge in [-0.05, 0) is 29.8 Å². The standard InChI is InChI=1S/C10H6Cl2FN3O2S/c11-8-5-9(15-10(12)14-8)16-19(17,18)7-3-1-2-6(13)4-7/h1-5H,(H,14,15,16). The van der Waals surface area contributed by atoms with E-state index in [9.17, 15) is 12.8 Å². The van der Waals surface area contributed by atoms with Crippen molar-refractivity contribution >= 4 is 39.0 Å². The molecule has 0 aliphatic carbocycles. The highest BCUT2D eigenvalue weighted by atomic mass is 35.5. The maximum absolute atomic E-state index is 13.0. The second-order valence-electron chi connectivity index (χ2n) is 3.41. The molecule has 0 amide bonds. The Morgan fingerprint density at radius 2 is 1.89 bits per heavy atom. The Kier molecular flexibility index (Phi) is 3.88. The van der Waals surface area contributed by atoms with Crippen LogP contribution < -0.4 is 4.72 Å². The van der Waals surface area contributed by atoms with E-state index >= 15 is 0 Å². The quantitative estimate of drug-likeness (QED) is 0.697. The monoisotopic (exact) mass is 321 g/mol. The van der Waals surface area contributed by atoms with E-state index in [2.05, 4.69) is 14.7 Å². The van der Waals surface area contributed by atoms with E-state index in [-0.39, 0.29) is 21.2 Å². The molecule has 0 bridgehead atoms. The third-order valence-corrected chi connectivity index (χ3v) is 3.73.